The lowest BCUT2D eigenvalue weighted by Crippen LogP contribution is -2.38. The molecular formula is C15H18ClN3. The molecule has 4 heteroatoms. The van der Waals surface area contributed by atoms with E-state index in [9.17, 15) is 0 Å². The molecule has 3 nitrogen and oxygen atoms in total. The van der Waals surface area contributed by atoms with E-state index in [-0.39, 0.29) is 5.41 Å². The molecule has 0 atom stereocenters. The van der Waals surface area contributed by atoms with Gasteiger partial charge in [-0.15, -0.1) is 0 Å². The minimum atomic E-state index is 0.185. The van der Waals surface area contributed by atoms with E-state index in [0.717, 1.165) is 36.6 Å². The van der Waals surface area contributed by atoms with Gasteiger partial charge < -0.3 is 9.88 Å². The second kappa shape index (κ2) is 4.99. The summed E-state index contributed by atoms with van der Waals surface area (Å²) in [6.07, 6.45) is 6.15. The highest BCUT2D eigenvalue weighted by atomic mass is 35.5. The van der Waals surface area contributed by atoms with Crippen LogP contribution >= 0.6 is 11.6 Å². The average Bonchev–Trinajstić information content (AvgIpc) is 2.89. The Morgan fingerprint density at radius 3 is 2.84 bits per heavy atom. The highest BCUT2D eigenvalue weighted by molar-refractivity contribution is 6.30. The molecule has 1 saturated heterocycles. The fourth-order valence-corrected chi connectivity index (χ4v) is 2.99. The number of nitrogens with zero attached hydrogens (tertiary/aromatic N) is 2. The number of hydrogen-bond acceptors (Lipinski definition) is 2. The summed E-state index contributed by atoms with van der Waals surface area (Å²) in [7, 11) is 0. The molecule has 2 heterocycles. The first-order valence-electron chi connectivity index (χ1n) is 6.69. The average molecular weight is 276 g/mol. The quantitative estimate of drug-likeness (QED) is 0.912. The molecule has 1 aliphatic heterocycles. The summed E-state index contributed by atoms with van der Waals surface area (Å²) in [6.45, 7) is 4.46. The van der Waals surface area contributed by atoms with Crippen molar-refractivity contribution in [1.82, 2.24) is 14.9 Å². The third kappa shape index (κ3) is 2.40. The highest BCUT2D eigenvalue weighted by Gasteiger charge is 2.31. The lowest BCUT2D eigenvalue weighted by molar-refractivity contribution is 0.324. The van der Waals surface area contributed by atoms with Gasteiger partial charge in [0, 0.05) is 28.0 Å². The van der Waals surface area contributed by atoms with Gasteiger partial charge in [-0.1, -0.05) is 24.6 Å². The number of aromatic nitrogens is 2. The van der Waals surface area contributed by atoms with Crippen LogP contribution in [0.25, 0.3) is 5.69 Å². The van der Waals surface area contributed by atoms with Gasteiger partial charge in [-0.25, -0.2) is 4.98 Å². The van der Waals surface area contributed by atoms with Crippen LogP contribution in [-0.4, -0.2) is 22.6 Å². The molecule has 0 radical (unpaired) electrons. The monoisotopic (exact) mass is 275 g/mol. The molecule has 19 heavy (non-hydrogen) atoms. The van der Waals surface area contributed by atoms with Gasteiger partial charge >= 0.3 is 0 Å². The number of piperidine rings is 1. The Morgan fingerprint density at radius 1 is 1.32 bits per heavy atom. The highest BCUT2D eigenvalue weighted by Crippen LogP contribution is 2.34. The molecule has 1 aromatic heterocycles. The summed E-state index contributed by atoms with van der Waals surface area (Å²) < 4.78 is 2.16. The van der Waals surface area contributed by atoms with Crippen LogP contribution in [0.4, 0.5) is 0 Å². The van der Waals surface area contributed by atoms with Crippen LogP contribution < -0.4 is 5.32 Å². The molecule has 0 aliphatic carbocycles. The van der Waals surface area contributed by atoms with Gasteiger partial charge in [-0.3, -0.25) is 0 Å². The third-order valence-electron chi connectivity index (χ3n) is 4.05. The van der Waals surface area contributed by atoms with Crippen LogP contribution in [0.1, 0.15) is 25.5 Å². The molecule has 1 aliphatic rings. The first kappa shape index (κ1) is 12.7. The standard InChI is InChI=1S/C15H18ClN3/c1-15(5-7-17-8-6-15)14-10-18-11-19(14)13-4-2-3-12(16)9-13/h2-4,9-11,17H,5-8H2,1H3. The number of nitrogens with one attached hydrogen (secondary N) is 1. The van der Waals surface area contributed by atoms with Gasteiger partial charge in [0.25, 0.3) is 0 Å². The van der Waals surface area contributed by atoms with E-state index in [4.69, 9.17) is 11.6 Å². The molecule has 1 fully saturated rings. The Labute approximate surface area is 118 Å². The van der Waals surface area contributed by atoms with Crippen molar-refractivity contribution in [3.8, 4) is 5.69 Å². The zero-order valence-electron chi connectivity index (χ0n) is 11.1. The number of rotatable bonds is 2. The molecule has 0 amide bonds. The second-order valence-electron chi connectivity index (χ2n) is 5.44. The largest absolute Gasteiger partial charge is 0.317 e. The minimum Gasteiger partial charge on any atom is -0.317 e. The first-order chi connectivity index (χ1) is 9.19. The fraction of sp³-hybridized carbons (Fsp3) is 0.400. The Morgan fingerprint density at radius 2 is 2.11 bits per heavy atom. The van der Waals surface area contributed by atoms with E-state index in [0.29, 0.717) is 0 Å². The van der Waals surface area contributed by atoms with E-state index in [1.54, 1.807) is 0 Å². The Hall–Kier alpha value is -1.32. The SMILES string of the molecule is CC1(c2cncn2-c2cccc(Cl)c2)CCNCC1. The van der Waals surface area contributed by atoms with Gasteiger partial charge in [-0.2, -0.15) is 0 Å². The van der Waals surface area contributed by atoms with Crippen molar-refractivity contribution >= 4 is 11.6 Å². The number of benzene rings is 1. The van der Waals surface area contributed by atoms with E-state index in [1.165, 1.54) is 5.69 Å². The maximum Gasteiger partial charge on any atom is 0.0994 e. The number of imidazole rings is 1. The van der Waals surface area contributed by atoms with Crippen molar-refractivity contribution in [3.05, 3.63) is 47.5 Å². The third-order valence-corrected chi connectivity index (χ3v) is 4.29. The Balaban J connectivity index is 2.03. The van der Waals surface area contributed by atoms with Crippen LogP contribution in [0, 0.1) is 0 Å². The summed E-state index contributed by atoms with van der Waals surface area (Å²) >= 11 is 6.09. The van der Waals surface area contributed by atoms with Gasteiger partial charge in [0.15, 0.2) is 0 Å². The Kier molecular flexibility index (Phi) is 3.33. The maximum atomic E-state index is 6.09. The van der Waals surface area contributed by atoms with Crippen molar-refractivity contribution in [2.45, 2.75) is 25.2 Å². The minimum absolute atomic E-state index is 0.185. The van der Waals surface area contributed by atoms with E-state index in [1.807, 2.05) is 30.7 Å². The smallest absolute Gasteiger partial charge is 0.0994 e. The lowest BCUT2D eigenvalue weighted by Gasteiger charge is -2.34. The molecule has 1 aromatic carbocycles. The van der Waals surface area contributed by atoms with Crippen LogP contribution in [-0.2, 0) is 5.41 Å². The van der Waals surface area contributed by atoms with Gasteiger partial charge in [-0.05, 0) is 44.1 Å². The zero-order chi connectivity index (χ0) is 13.3. The molecule has 0 spiro atoms. The van der Waals surface area contributed by atoms with Gasteiger partial charge in [0.1, 0.15) is 0 Å². The fourth-order valence-electron chi connectivity index (χ4n) is 2.81. The molecule has 1 N–H and O–H groups in total. The molecule has 2 aromatic rings. The van der Waals surface area contributed by atoms with E-state index < -0.39 is 0 Å². The molecule has 0 unspecified atom stereocenters. The summed E-state index contributed by atoms with van der Waals surface area (Å²) in [5.41, 5.74) is 2.54. The van der Waals surface area contributed by atoms with E-state index >= 15 is 0 Å². The molecule has 3 rings (SSSR count). The zero-order valence-corrected chi connectivity index (χ0v) is 11.8. The topological polar surface area (TPSA) is 29.9 Å². The molecule has 0 bridgehead atoms. The predicted octanol–water partition coefficient (Wildman–Crippen LogP) is 3.17. The van der Waals surface area contributed by atoms with Gasteiger partial charge in [0.2, 0.25) is 0 Å². The second-order valence-corrected chi connectivity index (χ2v) is 5.88. The van der Waals surface area contributed by atoms with Crippen LogP contribution in [0.2, 0.25) is 5.02 Å². The summed E-state index contributed by atoms with van der Waals surface area (Å²) in [5.74, 6) is 0. The normalized spacial score (nSPS) is 18.4. The van der Waals surface area contributed by atoms with Crippen molar-refractivity contribution in [2.24, 2.45) is 0 Å². The van der Waals surface area contributed by atoms with Crippen molar-refractivity contribution in [1.29, 1.82) is 0 Å². The van der Waals surface area contributed by atoms with Crippen LogP contribution in [0.3, 0.4) is 0 Å². The first-order valence-corrected chi connectivity index (χ1v) is 7.06. The number of halogens is 1. The molecule has 100 valence electrons. The summed E-state index contributed by atoms with van der Waals surface area (Å²) in [4.78, 5) is 4.35. The Bertz CT molecular complexity index is 570. The molecular weight excluding hydrogens is 258 g/mol. The molecule has 0 saturated carbocycles. The summed E-state index contributed by atoms with van der Waals surface area (Å²) in [6, 6.07) is 7.93. The van der Waals surface area contributed by atoms with Crippen molar-refractivity contribution < 1.29 is 0 Å². The predicted molar refractivity (Wildman–Crippen MR) is 78.0 cm³/mol. The maximum absolute atomic E-state index is 6.09. The van der Waals surface area contributed by atoms with Crippen molar-refractivity contribution in [2.75, 3.05) is 13.1 Å². The van der Waals surface area contributed by atoms with E-state index in [2.05, 4.69) is 27.9 Å². The van der Waals surface area contributed by atoms with Crippen LogP contribution in [0.15, 0.2) is 36.8 Å². The van der Waals surface area contributed by atoms with Crippen LogP contribution in [0.5, 0.6) is 0 Å². The van der Waals surface area contributed by atoms with Crippen molar-refractivity contribution in [3.63, 3.8) is 0 Å². The lowest BCUT2D eigenvalue weighted by atomic mass is 9.78. The van der Waals surface area contributed by atoms with Gasteiger partial charge in [0.05, 0.1) is 6.33 Å². The number of hydrogen-bond donors (Lipinski definition) is 1. The summed E-state index contributed by atoms with van der Waals surface area (Å²) in [5, 5.41) is 4.18.